The van der Waals surface area contributed by atoms with Crippen LogP contribution in [-0.4, -0.2) is 47.8 Å². The summed E-state index contributed by atoms with van der Waals surface area (Å²) in [5.74, 6) is 0. The monoisotopic (exact) mass is 358 g/mol. The second-order valence-electron chi connectivity index (χ2n) is 6.75. The summed E-state index contributed by atoms with van der Waals surface area (Å²) >= 11 is 0. The molecule has 5 heteroatoms. The maximum Gasteiger partial charge on any atom is 0.373 e. The van der Waals surface area contributed by atoms with Gasteiger partial charge in [0, 0.05) is 27.9 Å². The zero-order chi connectivity index (χ0) is 17.9. The van der Waals surface area contributed by atoms with Crippen LogP contribution in [0.1, 0.15) is 64.7 Å². The first-order valence-corrected chi connectivity index (χ1v) is 11.6. The Balaban J connectivity index is 2.92. The van der Waals surface area contributed by atoms with Crippen LogP contribution >= 0.6 is 0 Å². The molecule has 0 saturated carbocycles. The summed E-state index contributed by atoms with van der Waals surface area (Å²) in [6.07, 6.45) is 11.9. The molecular weight excluding hydrogens is 320 g/mol. The average Bonchev–Trinajstić information content (AvgIpc) is 2.62. The van der Waals surface area contributed by atoms with Gasteiger partial charge >= 0.3 is 8.56 Å². The molecule has 0 bridgehead atoms. The van der Waals surface area contributed by atoms with Crippen molar-refractivity contribution in [3.8, 4) is 0 Å². The Labute approximate surface area is 150 Å². The van der Waals surface area contributed by atoms with E-state index in [0.29, 0.717) is 0 Å². The first-order valence-electron chi connectivity index (χ1n) is 9.54. The van der Waals surface area contributed by atoms with E-state index in [0.717, 1.165) is 57.6 Å². The summed E-state index contributed by atoms with van der Waals surface area (Å²) in [5, 5.41) is -0.415. The lowest BCUT2D eigenvalue weighted by molar-refractivity contribution is -0.124. The van der Waals surface area contributed by atoms with Crippen molar-refractivity contribution in [2.45, 2.75) is 82.1 Å². The van der Waals surface area contributed by atoms with Crippen molar-refractivity contribution in [2.75, 3.05) is 27.9 Å². The van der Waals surface area contributed by atoms with Gasteiger partial charge in [0.1, 0.15) is 5.22 Å². The number of allylic oxidation sites excluding steroid dienone is 1. The zero-order valence-corrected chi connectivity index (χ0v) is 17.3. The molecule has 0 N–H and O–H groups in total. The van der Waals surface area contributed by atoms with Crippen molar-refractivity contribution in [1.82, 2.24) is 0 Å². The van der Waals surface area contributed by atoms with Crippen LogP contribution in [0, 0.1) is 0 Å². The number of ether oxygens (including phenoxy) is 2. The van der Waals surface area contributed by atoms with Crippen molar-refractivity contribution in [3.63, 3.8) is 0 Å². The highest BCUT2D eigenvalue weighted by Gasteiger charge is 2.63. The van der Waals surface area contributed by atoms with Gasteiger partial charge in [-0.05, 0) is 44.6 Å². The first-order chi connectivity index (χ1) is 11.7. The van der Waals surface area contributed by atoms with Crippen LogP contribution in [0.5, 0.6) is 0 Å². The Bertz CT molecular complexity index is 346. The molecule has 0 spiro atoms. The molecule has 4 nitrogen and oxygen atoms in total. The van der Waals surface area contributed by atoms with Gasteiger partial charge in [-0.2, -0.15) is 0 Å². The van der Waals surface area contributed by atoms with Gasteiger partial charge in [0.2, 0.25) is 0 Å². The average molecular weight is 359 g/mol. The largest absolute Gasteiger partial charge is 0.396 e. The molecule has 1 heterocycles. The minimum Gasteiger partial charge on any atom is -0.396 e. The van der Waals surface area contributed by atoms with Crippen molar-refractivity contribution >= 4 is 8.56 Å². The summed E-state index contributed by atoms with van der Waals surface area (Å²) in [6, 6.07) is 0.976. The van der Waals surface area contributed by atoms with Crippen molar-refractivity contribution in [2.24, 2.45) is 0 Å². The third-order valence-electron chi connectivity index (χ3n) is 5.43. The summed E-state index contributed by atoms with van der Waals surface area (Å²) < 4.78 is 24.6. The molecule has 1 aliphatic rings. The highest BCUT2D eigenvalue weighted by atomic mass is 28.4. The predicted octanol–water partition coefficient (Wildman–Crippen LogP) is 4.76. The maximum atomic E-state index is 6.34. The van der Waals surface area contributed by atoms with E-state index in [-0.39, 0.29) is 6.10 Å². The highest BCUT2D eigenvalue weighted by Crippen LogP contribution is 2.44. The molecular formula is C19H38O4Si. The predicted molar refractivity (Wildman–Crippen MR) is 101 cm³/mol. The molecule has 2 atom stereocenters. The Morgan fingerprint density at radius 3 is 2.46 bits per heavy atom. The lowest BCUT2D eigenvalue weighted by Crippen LogP contribution is -2.71. The van der Waals surface area contributed by atoms with Crippen LogP contribution in [0.25, 0.3) is 0 Å². The van der Waals surface area contributed by atoms with E-state index >= 15 is 0 Å². The van der Waals surface area contributed by atoms with E-state index in [1.165, 1.54) is 12.8 Å². The normalized spacial score (nSPS) is 26.4. The molecule has 0 aromatic heterocycles. The fourth-order valence-electron chi connectivity index (χ4n) is 4.06. The van der Waals surface area contributed by atoms with Gasteiger partial charge in [0.25, 0.3) is 0 Å². The van der Waals surface area contributed by atoms with E-state index in [2.05, 4.69) is 13.5 Å². The second-order valence-corrected chi connectivity index (χ2v) is 10.4. The van der Waals surface area contributed by atoms with Gasteiger partial charge in [-0.25, -0.2) is 0 Å². The summed E-state index contributed by atoms with van der Waals surface area (Å²) in [7, 11) is 2.90. The molecule has 1 aliphatic heterocycles. The van der Waals surface area contributed by atoms with Crippen molar-refractivity contribution in [1.29, 1.82) is 0 Å². The van der Waals surface area contributed by atoms with E-state index in [1.807, 2.05) is 6.08 Å². The topological polar surface area (TPSA) is 36.9 Å². The van der Waals surface area contributed by atoms with Gasteiger partial charge < -0.3 is 18.3 Å². The Morgan fingerprint density at radius 1 is 1.12 bits per heavy atom. The third-order valence-corrected chi connectivity index (χ3v) is 9.83. The molecule has 1 saturated heterocycles. The molecule has 0 aromatic rings. The molecule has 1 rings (SSSR count). The SMILES string of the molecule is C=CCCCCC1(OC)C(OCCCCC)CCC[Si]1(OC)OC. The van der Waals surface area contributed by atoms with Crippen LogP contribution in [0.4, 0.5) is 0 Å². The summed E-state index contributed by atoms with van der Waals surface area (Å²) in [4.78, 5) is 0. The molecule has 1 fully saturated rings. The van der Waals surface area contributed by atoms with Crippen molar-refractivity contribution in [3.05, 3.63) is 12.7 Å². The Hall–Kier alpha value is -0.203. The summed E-state index contributed by atoms with van der Waals surface area (Å²) in [5.41, 5.74) is 0. The van der Waals surface area contributed by atoms with Crippen molar-refractivity contribution < 1.29 is 18.3 Å². The highest BCUT2D eigenvalue weighted by molar-refractivity contribution is 6.71. The Morgan fingerprint density at radius 2 is 1.88 bits per heavy atom. The third kappa shape index (κ3) is 4.91. The fraction of sp³-hybridized carbons (Fsp3) is 0.895. The molecule has 0 radical (unpaired) electrons. The van der Waals surface area contributed by atoms with Gasteiger partial charge in [0.05, 0.1) is 6.10 Å². The maximum absolute atomic E-state index is 6.34. The van der Waals surface area contributed by atoms with Crippen LogP contribution in [0.3, 0.4) is 0 Å². The zero-order valence-electron chi connectivity index (χ0n) is 16.3. The lowest BCUT2D eigenvalue weighted by Gasteiger charge is -2.52. The fourth-order valence-corrected chi connectivity index (χ4v) is 8.00. The van der Waals surface area contributed by atoms with Gasteiger partial charge in [0.15, 0.2) is 0 Å². The molecule has 2 unspecified atom stereocenters. The molecule has 0 amide bonds. The summed E-state index contributed by atoms with van der Waals surface area (Å²) in [6.45, 7) is 6.84. The van der Waals surface area contributed by atoms with Crippen LogP contribution < -0.4 is 0 Å². The van der Waals surface area contributed by atoms with Crippen LogP contribution in [-0.2, 0) is 18.3 Å². The standard InChI is InChI=1S/C19H38O4Si/c1-6-8-10-11-15-19(20-3)18(23-16-12-9-7-2)14-13-17-24(19,21-4)22-5/h6,18H,1,7-17H2,2-5H3. The number of methoxy groups -OCH3 is 1. The molecule has 24 heavy (non-hydrogen) atoms. The second kappa shape index (κ2) is 11.4. The van der Waals surface area contributed by atoms with E-state index in [1.54, 1.807) is 21.3 Å². The molecule has 0 aromatic carbocycles. The Kier molecular flexibility index (Phi) is 10.4. The smallest absolute Gasteiger partial charge is 0.373 e. The molecule has 142 valence electrons. The minimum atomic E-state index is -2.48. The van der Waals surface area contributed by atoms with E-state index in [4.69, 9.17) is 18.3 Å². The number of unbranched alkanes of at least 4 members (excludes halogenated alkanes) is 4. The van der Waals surface area contributed by atoms with Gasteiger partial charge in [-0.3, -0.25) is 0 Å². The van der Waals surface area contributed by atoms with E-state index < -0.39 is 13.8 Å². The van der Waals surface area contributed by atoms with Crippen LogP contribution in [0.15, 0.2) is 12.7 Å². The molecule has 0 aliphatic carbocycles. The van der Waals surface area contributed by atoms with Gasteiger partial charge in [-0.15, -0.1) is 6.58 Å². The quantitative estimate of drug-likeness (QED) is 0.270. The van der Waals surface area contributed by atoms with Crippen LogP contribution in [0.2, 0.25) is 6.04 Å². The number of hydrogen-bond donors (Lipinski definition) is 0. The minimum absolute atomic E-state index is 0.0726. The van der Waals surface area contributed by atoms with E-state index in [9.17, 15) is 0 Å². The first kappa shape index (κ1) is 21.8. The number of hydrogen-bond acceptors (Lipinski definition) is 4. The lowest BCUT2D eigenvalue weighted by atomic mass is 10.00. The number of rotatable bonds is 13. The van der Waals surface area contributed by atoms with Gasteiger partial charge in [-0.1, -0.05) is 32.3 Å².